The van der Waals surface area contributed by atoms with Gasteiger partial charge in [-0.2, -0.15) is 4.80 Å². The van der Waals surface area contributed by atoms with Gasteiger partial charge in [0, 0.05) is 5.56 Å². The third kappa shape index (κ3) is 3.04. The van der Waals surface area contributed by atoms with Crippen LogP contribution < -0.4 is 5.32 Å². The van der Waals surface area contributed by atoms with Gasteiger partial charge in [-0.3, -0.25) is 10.1 Å². The molecule has 0 radical (unpaired) electrons. The summed E-state index contributed by atoms with van der Waals surface area (Å²) >= 11 is 1.28. The Balaban J connectivity index is 1.74. The van der Waals surface area contributed by atoms with Crippen LogP contribution in [0.5, 0.6) is 0 Å². The fourth-order valence-electron chi connectivity index (χ4n) is 2.26. The van der Waals surface area contributed by atoms with E-state index in [9.17, 15) is 4.79 Å². The molecule has 0 aliphatic carbocycles. The molecule has 1 amide bonds. The van der Waals surface area contributed by atoms with E-state index in [4.69, 9.17) is 4.42 Å². The predicted octanol–water partition coefficient (Wildman–Crippen LogP) is 2.85. The Bertz CT molecular complexity index is 1010. The molecular weight excluding hydrogens is 340 g/mol. The van der Waals surface area contributed by atoms with Crippen molar-refractivity contribution in [1.82, 2.24) is 25.2 Å². The number of hydrogen-bond donors (Lipinski definition) is 1. The van der Waals surface area contributed by atoms with Gasteiger partial charge in [0.15, 0.2) is 10.9 Å². The maximum atomic E-state index is 12.2. The van der Waals surface area contributed by atoms with Gasteiger partial charge in [0.2, 0.25) is 5.82 Å². The number of aromatic nitrogens is 5. The van der Waals surface area contributed by atoms with Gasteiger partial charge in [-0.05, 0) is 17.3 Å². The average molecular weight is 352 g/mol. The molecule has 0 aliphatic heterocycles. The monoisotopic (exact) mass is 352 g/mol. The van der Waals surface area contributed by atoms with E-state index in [1.165, 1.54) is 22.4 Å². The van der Waals surface area contributed by atoms with Gasteiger partial charge in [0.25, 0.3) is 5.91 Å². The zero-order chi connectivity index (χ0) is 17.2. The van der Waals surface area contributed by atoms with Gasteiger partial charge in [-0.25, -0.2) is 4.98 Å². The number of carbonyl (C=O) groups is 1. The first kappa shape index (κ1) is 15.2. The maximum Gasteiger partial charge on any atom is 0.293 e. The average Bonchev–Trinajstić information content (AvgIpc) is 3.35. The van der Waals surface area contributed by atoms with Crippen LogP contribution in [0.25, 0.3) is 22.0 Å². The minimum Gasteiger partial charge on any atom is -0.459 e. The highest BCUT2D eigenvalue weighted by atomic mass is 32.1. The van der Waals surface area contributed by atoms with Gasteiger partial charge < -0.3 is 4.42 Å². The molecule has 124 valence electrons. The maximum absolute atomic E-state index is 12.2. The molecule has 8 nitrogen and oxygen atoms in total. The van der Waals surface area contributed by atoms with E-state index in [1.54, 1.807) is 19.2 Å². The fourth-order valence-corrected chi connectivity index (χ4v) is 3.17. The second kappa shape index (κ2) is 6.29. The summed E-state index contributed by atoms with van der Waals surface area (Å²) in [6.45, 7) is 0. The van der Waals surface area contributed by atoms with Crippen molar-refractivity contribution < 1.29 is 9.21 Å². The van der Waals surface area contributed by atoms with E-state index < -0.39 is 0 Å². The van der Waals surface area contributed by atoms with Gasteiger partial charge in [0.1, 0.15) is 4.88 Å². The van der Waals surface area contributed by atoms with Crippen LogP contribution in [0.15, 0.2) is 53.1 Å². The summed E-state index contributed by atoms with van der Waals surface area (Å²) < 4.78 is 5.10. The largest absolute Gasteiger partial charge is 0.459 e. The number of hydrogen-bond acceptors (Lipinski definition) is 7. The number of furan rings is 1. The van der Waals surface area contributed by atoms with Crippen LogP contribution in [0.1, 0.15) is 10.6 Å². The van der Waals surface area contributed by atoms with Crippen molar-refractivity contribution >= 4 is 22.4 Å². The zero-order valence-corrected chi connectivity index (χ0v) is 13.9. The SMILES string of the molecule is Cn1nnc(-c2sc(NC(=O)c3ccco3)nc2-c2ccccc2)n1. The Morgan fingerprint density at radius 3 is 2.72 bits per heavy atom. The standard InChI is InChI=1S/C16H12N6O2S/c1-22-20-14(19-21-22)13-12(10-6-3-2-4-7-10)17-16(25-13)18-15(23)11-8-5-9-24-11/h2-9H,1H3,(H,17,18,23). The van der Waals surface area contributed by atoms with Crippen molar-refractivity contribution in [2.24, 2.45) is 7.05 Å². The van der Waals surface area contributed by atoms with Crippen molar-refractivity contribution in [3.8, 4) is 22.0 Å². The van der Waals surface area contributed by atoms with E-state index in [0.717, 1.165) is 10.4 Å². The molecule has 0 atom stereocenters. The number of anilines is 1. The van der Waals surface area contributed by atoms with Crippen molar-refractivity contribution in [3.05, 3.63) is 54.5 Å². The Labute approximate surface area is 146 Å². The second-order valence-corrected chi connectivity index (χ2v) is 6.10. The lowest BCUT2D eigenvalue weighted by molar-refractivity contribution is 0.0996. The number of amides is 1. The third-order valence-corrected chi connectivity index (χ3v) is 4.32. The number of nitrogens with zero attached hydrogens (tertiary/aromatic N) is 5. The summed E-state index contributed by atoms with van der Waals surface area (Å²) in [5.41, 5.74) is 1.59. The summed E-state index contributed by atoms with van der Waals surface area (Å²) in [5, 5.41) is 15.3. The third-order valence-electron chi connectivity index (χ3n) is 3.35. The molecule has 0 saturated carbocycles. The molecule has 9 heteroatoms. The van der Waals surface area contributed by atoms with E-state index in [-0.39, 0.29) is 11.7 Å². The van der Waals surface area contributed by atoms with Crippen molar-refractivity contribution in [1.29, 1.82) is 0 Å². The topological polar surface area (TPSA) is 98.7 Å². The molecule has 0 bridgehead atoms. The summed E-state index contributed by atoms with van der Waals surface area (Å²) in [4.78, 5) is 18.8. The number of thiazole rings is 1. The Morgan fingerprint density at radius 2 is 2.04 bits per heavy atom. The molecule has 1 aromatic carbocycles. The molecule has 3 aromatic heterocycles. The highest BCUT2D eigenvalue weighted by molar-refractivity contribution is 7.19. The van der Waals surface area contributed by atoms with Crippen LogP contribution >= 0.6 is 11.3 Å². The van der Waals surface area contributed by atoms with Crippen molar-refractivity contribution in [2.75, 3.05) is 5.32 Å². The van der Waals surface area contributed by atoms with E-state index in [2.05, 4.69) is 25.7 Å². The van der Waals surface area contributed by atoms with Crippen LogP contribution in [-0.2, 0) is 7.05 Å². The van der Waals surface area contributed by atoms with Crippen molar-refractivity contribution in [3.63, 3.8) is 0 Å². The normalized spacial score (nSPS) is 10.8. The summed E-state index contributed by atoms with van der Waals surface area (Å²) in [6.07, 6.45) is 1.45. The van der Waals surface area contributed by atoms with Gasteiger partial charge in [0.05, 0.1) is 19.0 Å². The zero-order valence-electron chi connectivity index (χ0n) is 13.1. The highest BCUT2D eigenvalue weighted by Crippen LogP contribution is 2.37. The first-order valence-electron chi connectivity index (χ1n) is 7.36. The first-order chi connectivity index (χ1) is 12.2. The molecular formula is C16H12N6O2S. The lowest BCUT2D eigenvalue weighted by atomic mass is 10.1. The number of benzene rings is 1. The molecule has 0 unspecified atom stereocenters. The van der Waals surface area contributed by atoms with Crippen LogP contribution in [0.2, 0.25) is 0 Å². The molecule has 25 heavy (non-hydrogen) atoms. The van der Waals surface area contributed by atoms with Gasteiger partial charge in [-0.15, -0.1) is 10.2 Å². The summed E-state index contributed by atoms with van der Waals surface area (Å²) in [5.74, 6) is 0.310. The first-order valence-corrected chi connectivity index (χ1v) is 8.18. The highest BCUT2D eigenvalue weighted by Gasteiger charge is 2.20. The van der Waals surface area contributed by atoms with Crippen LogP contribution in [0.4, 0.5) is 5.13 Å². The molecule has 0 saturated heterocycles. The number of tetrazole rings is 1. The minimum absolute atomic E-state index is 0.218. The predicted molar refractivity (Wildman–Crippen MR) is 92.0 cm³/mol. The summed E-state index contributed by atoms with van der Waals surface area (Å²) in [6, 6.07) is 12.9. The molecule has 0 spiro atoms. The van der Waals surface area contributed by atoms with Crippen molar-refractivity contribution in [2.45, 2.75) is 0 Å². The molecule has 4 aromatic rings. The van der Waals surface area contributed by atoms with Crippen LogP contribution in [0.3, 0.4) is 0 Å². The van der Waals surface area contributed by atoms with E-state index in [0.29, 0.717) is 16.6 Å². The van der Waals surface area contributed by atoms with Gasteiger partial charge in [-0.1, -0.05) is 41.7 Å². The van der Waals surface area contributed by atoms with E-state index in [1.807, 2.05) is 30.3 Å². The van der Waals surface area contributed by atoms with E-state index >= 15 is 0 Å². The molecule has 4 rings (SSSR count). The minimum atomic E-state index is -0.364. The Kier molecular flexibility index (Phi) is 3.82. The lowest BCUT2D eigenvalue weighted by Gasteiger charge is -1.98. The Morgan fingerprint density at radius 1 is 1.20 bits per heavy atom. The van der Waals surface area contributed by atoms with Crippen LogP contribution in [0, 0.1) is 0 Å². The molecule has 0 aliphatic rings. The van der Waals surface area contributed by atoms with Crippen LogP contribution in [-0.4, -0.2) is 31.1 Å². The lowest BCUT2D eigenvalue weighted by Crippen LogP contribution is -2.10. The quantitative estimate of drug-likeness (QED) is 0.606. The molecule has 0 fully saturated rings. The van der Waals surface area contributed by atoms with Gasteiger partial charge >= 0.3 is 0 Å². The Hall–Kier alpha value is -3.33. The number of nitrogens with one attached hydrogen (secondary N) is 1. The molecule has 3 heterocycles. The molecule has 1 N–H and O–H groups in total. The number of rotatable bonds is 4. The number of aryl methyl sites for hydroxylation is 1. The smallest absolute Gasteiger partial charge is 0.293 e. The number of carbonyl (C=O) groups excluding carboxylic acids is 1. The summed E-state index contributed by atoms with van der Waals surface area (Å²) in [7, 11) is 1.69. The fraction of sp³-hybridized carbons (Fsp3) is 0.0625. The second-order valence-electron chi connectivity index (χ2n) is 5.10.